The SMILES string of the molecule is CN(C)S(=O)(=O)N(C)C1CCCCC1Cl. The summed E-state index contributed by atoms with van der Waals surface area (Å²) in [4.78, 5) is 0. The van der Waals surface area contributed by atoms with Gasteiger partial charge in [0.2, 0.25) is 0 Å². The maximum absolute atomic E-state index is 11.9. The third kappa shape index (κ3) is 2.84. The molecule has 0 saturated heterocycles. The first-order valence-electron chi connectivity index (χ1n) is 5.17. The summed E-state index contributed by atoms with van der Waals surface area (Å²) in [5.74, 6) is 0. The van der Waals surface area contributed by atoms with Crippen molar-refractivity contribution in [3.05, 3.63) is 0 Å². The van der Waals surface area contributed by atoms with Crippen LogP contribution < -0.4 is 0 Å². The van der Waals surface area contributed by atoms with E-state index in [1.54, 1.807) is 7.05 Å². The minimum absolute atomic E-state index is 0.0570. The monoisotopic (exact) mass is 254 g/mol. The van der Waals surface area contributed by atoms with Gasteiger partial charge in [0.05, 0.1) is 5.38 Å². The van der Waals surface area contributed by atoms with Crippen LogP contribution in [-0.4, -0.2) is 49.6 Å². The molecule has 1 rings (SSSR count). The van der Waals surface area contributed by atoms with Crippen molar-refractivity contribution in [3.8, 4) is 0 Å². The minimum atomic E-state index is -3.33. The van der Waals surface area contributed by atoms with Crippen LogP contribution in [0.2, 0.25) is 0 Å². The number of halogens is 1. The molecule has 15 heavy (non-hydrogen) atoms. The molecule has 0 amide bonds. The van der Waals surface area contributed by atoms with Gasteiger partial charge in [-0.15, -0.1) is 11.6 Å². The minimum Gasteiger partial charge on any atom is -0.195 e. The van der Waals surface area contributed by atoms with Gasteiger partial charge in [-0.05, 0) is 12.8 Å². The summed E-state index contributed by atoms with van der Waals surface area (Å²) < 4.78 is 26.4. The second-order valence-electron chi connectivity index (χ2n) is 4.17. The standard InChI is InChI=1S/C9H19ClN2O2S/c1-11(2)15(13,14)12(3)9-7-5-4-6-8(9)10/h8-9H,4-7H2,1-3H3. The van der Waals surface area contributed by atoms with Gasteiger partial charge in [0.1, 0.15) is 0 Å². The van der Waals surface area contributed by atoms with Crippen molar-refractivity contribution in [1.82, 2.24) is 8.61 Å². The van der Waals surface area contributed by atoms with E-state index in [0.29, 0.717) is 0 Å². The van der Waals surface area contributed by atoms with Crippen LogP contribution in [0.3, 0.4) is 0 Å². The fourth-order valence-electron chi connectivity index (χ4n) is 1.90. The first-order chi connectivity index (χ1) is 6.87. The molecule has 0 aromatic rings. The lowest BCUT2D eigenvalue weighted by atomic mass is 9.95. The topological polar surface area (TPSA) is 40.6 Å². The van der Waals surface area contributed by atoms with E-state index in [0.717, 1.165) is 25.7 Å². The number of hydrogen-bond donors (Lipinski definition) is 0. The van der Waals surface area contributed by atoms with Crippen LogP contribution in [0.5, 0.6) is 0 Å². The molecule has 4 nitrogen and oxygen atoms in total. The van der Waals surface area contributed by atoms with E-state index in [9.17, 15) is 8.42 Å². The Bertz CT molecular complexity index is 305. The van der Waals surface area contributed by atoms with Crippen molar-refractivity contribution in [2.45, 2.75) is 37.1 Å². The van der Waals surface area contributed by atoms with Gasteiger partial charge in [-0.1, -0.05) is 12.8 Å². The van der Waals surface area contributed by atoms with Crippen molar-refractivity contribution in [1.29, 1.82) is 0 Å². The number of hydrogen-bond acceptors (Lipinski definition) is 2. The fraction of sp³-hybridized carbons (Fsp3) is 1.00. The highest BCUT2D eigenvalue weighted by molar-refractivity contribution is 7.86. The zero-order valence-corrected chi connectivity index (χ0v) is 11.1. The Morgan fingerprint density at radius 3 is 2.13 bits per heavy atom. The highest BCUT2D eigenvalue weighted by Crippen LogP contribution is 2.28. The van der Waals surface area contributed by atoms with Crippen LogP contribution in [0.1, 0.15) is 25.7 Å². The average molecular weight is 255 g/mol. The van der Waals surface area contributed by atoms with Crippen molar-refractivity contribution in [2.75, 3.05) is 21.1 Å². The number of rotatable bonds is 3. The molecule has 0 aromatic heterocycles. The summed E-state index contributed by atoms with van der Waals surface area (Å²) in [5.41, 5.74) is 0. The number of nitrogens with zero attached hydrogens (tertiary/aromatic N) is 2. The van der Waals surface area contributed by atoms with Crippen molar-refractivity contribution >= 4 is 21.8 Å². The molecule has 1 saturated carbocycles. The van der Waals surface area contributed by atoms with Gasteiger partial charge in [-0.3, -0.25) is 0 Å². The smallest absolute Gasteiger partial charge is 0.195 e. The second-order valence-corrected chi connectivity index (χ2v) is 6.94. The van der Waals surface area contributed by atoms with Crippen molar-refractivity contribution in [3.63, 3.8) is 0 Å². The van der Waals surface area contributed by atoms with Crippen LogP contribution in [0.15, 0.2) is 0 Å². The Morgan fingerprint density at radius 1 is 1.13 bits per heavy atom. The molecule has 1 aliphatic carbocycles. The van der Waals surface area contributed by atoms with Gasteiger partial charge in [-0.2, -0.15) is 17.0 Å². The molecule has 1 fully saturated rings. The van der Waals surface area contributed by atoms with E-state index in [4.69, 9.17) is 11.6 Å². The van der Waals surface area contributed by atoms with Gasteiger partial charge >= 0.3 is 0 Å². The van der Waals surface area contributed by atoms with E-state index in [1.165, 1.54) is 22.7 Å². The highest BCUT2D eigenvalue weighted by Gasteiger charge is 2.34. The molecule has 2 unspecified atom stereocenters. The van der Waals surface area contributed by atoms with Crippen LogP contribution in [0.4, 0.5) is 0 Å². The first-order valence-corrected chi connectivity index (χ1v) is 7.00. The highest BCUT2D eigenvalue weighted by atomic mass is 35.5. The Hall–Kier alpha value is 0.160. The van der Waals surface area contributed by atoms with Gasteiger partial charge in [-0.25, -0.2) is 0 Å². The second kappa shape index (κ2) is 4.99. The Labute approximate surface area is 97.4 Å². The predicted molar refractivity (Wildman–Crippen MR) is 62.3 cm³/mol. The normalized spacial score (nSPS) is 28.7. The fourth-order valence-corrected chi connectivity index (χ4v) is 3.53. The van der Waals surface area contributed by atoms with Gasteiger partial charge in [0.15, 0.2) is 0 Å². The first kappa shape index (κ1) is 13.2. The molecule has 0 spiro atoms. The average Bonchev–Trinajstić information content (AvgIpc) is 2.17. The Balaban J connectivity index is 2.79. The van der Waals surface area contributed by atoms with E-state index >= 15 is 0 Å². The van der Waals surface area contributed by atoms with Gasteiger partial charge in [0.25, 0.3) is 10.2 Å². The zero-order chi connectivity index (χ0) is 11.6. The van der Waals surface area contributed by atoms with Crippen LogP contribution in [0.25, 0.3) is 0 Å². The van der Waals surface area contributed by atoms with Gasteiger partial charge in [0, 0.05) is 27.2 Å². The molecule has 0 bridgehead atoms. The van der Waals surface area contributed by atoms with Crippen LogP contribution in [-0.2, 0) is 10.2 Å². The summed E-state index contributed by atoms with van der Waals surface area (Å²) in [6, 6.07) is -0.0622. The lowest BCUT2D eigenvalue weighted by Crippen LogP contribution is -2.48. The third-order valence-electron chi connectivity index (χ3n) is 2.94. The molecule has 0 radical (unpaired) electrons. The quantitative estimate of drug-likeness (QED) is 0.712. The molecule has 2 atom stereocenters. The number of alkyl halides is 1. The molecular weight excluding hydrogens is 236 g/mol. The van der Waals surface area contributed by atoms with Crippen molar-refractivity contribution in [2.24, 2.45) is 0 Å². The van der Waals surface area contributed by atoms with Crippen molar-refractivity contribution < 1.29 is 8.42 Å². The molecular formula is C9H19ClN2O2S. The Morgan fingerprint density at radius 2 is 1.67 bits per heavy atom. The van der Waals surface area contributed by atoms with Crippen LogP contribution >= 0.6 is 11.6 Å². The summed E-state index contributed by atoms with van der Waals surface area (Å²) in [6.07, 6.45) is 3.92. The predicted octanol–water partition coefficient (Wildman–Crippen LogP) is 1.27. The summed E-state index contributed by atoms with van der Waals surface area (Å²) in [7, 11) is 1.36. The summed E-state index contributed by atoms with van der Waals surface area (Å²) in [5, 5.41) is -0.0570. The maximum atomic E-state index is 11.9. The molecule has 0 aliphatic heterocycles. The molecule has 0 heterocycles. The Kier molecular flexibility index (Phi) is 4.40. The van der Waals surface area contributed by atoms with Gasteiger partial charge < -0.3 is 0 Å². The third-order valence-corrected chi connectivity index (χ3v) is 5.37. The molecule has 0 N–H and O–H groups in total. The van der Waals surface area contributed by atoms with E-state index < -0.39 is 10.2 Å². The van der Waals surface area contributed by atoms with E-state index in [2.05, 4.69) is 0 Å². The van der Waals surface area contributed by atoms with E-state index in [-0.39, 0.29) is 11.4 Å². The van der Waals surface area contributed by atoms with Crippen LogP contribution in [0, 0.1) is 0 Å². The lowest BCUT2D eigenvalue weighted by Gasteiger charge is -2.35. The maximum Gasteiger partial charge on any atom is 0.281 e. The molecule has 1 aliphatic rings. The lowest BCUT2D eigenvalue weighted by molar-refractivity contribution is 0.278. The molecule has 0 aromatic carbocycles. The summed E-state index contributed by atoms with van der Waals surface area (Å²) in [6.45, 7) is 0. The molecule has 90 valence electrons. The largest absolute Gasteiger partial charge is 0.281 e. The summed E-state index contributed by atoms with van der Waals surface area (Å²) >= 11 is 6.16. The van der Waals surface area contributed by atoms with E-state index in [1.807, 2.05) is 0 Å². The zero-order valence-electron chi connectivity index (χ0n) is 9.48. The molecule has 6 heteroatoms.